The molecule has 0 rings (SSSR count). The number of aliphatic hydroxyl groups excluding tert-OH is 1. The highest BCUT2D eigenvalue weighted by Crippen LogP contribution is 2.08. The number of aliphatic hydroxyl groups is 1. The zero-order valence-electron chi connectivity index (χ0n) is 22.4. The monoisotopic (exact) mass is 510 g/mol. The molecule has 9 heteroatoms. The van der Waals surface area contributed by atoms with Crippen LogP contribution in [0.5, 0.6) is 0 Å². The fraction of sp³-hybridized carbons (Fsp3) is 1.00. The molecule has 1 N–H and O–H groups in total. The van der Waals surface area contributed by atoms with Crippen LogP contribution in [-0.4, -0.2) is 117 Å². The molecule has 9 nitrogen and oxygen atoms in total. The molecule has 0 saturated heterocycles. The minimum absolute atomic E-state index is 0.0351. The Hall–Kier alpha value is -0.360. The summed E-state index contributed by atoms with van der Waals surface area (Å²) in [6, 6.07) is 0. The first-order valence-electron chi connectivity index (χ1n) is 13.6. The number of hydrogen-bond donors (Lipinski definition) is 1. The topological polar surface area (TPSA) is 94.1 Å². The lowest BCUT2D eigenvalue weighted by Gasteiger charge is -2.08. The molecule has 0 atom stereocenters. The zero-order valence-corrected chi connectivity index (χ0v) is 22.4. The highest BCUT2D eigenvalue weighted by Gasteiger charge is 1.96. The maximum Gasteiger partial charge on any atom is 0.0701 e. The minimum Gasteiger partial charge on any atom is -0.394 e. The van der Waals surface area contributed by atoms with Crippen LogP contribution in [-0.2, 0) is 37.9 Å². The summed E-state index contributed by atoms with van der Waals surface area (Å²) in [4.78, 5) is 0. The molecule has 0 heterocycles. The van der Waals surface area contributed by atoms with Gasteiger partial charge in [-0.25, -0.2) is 0 Å². The van der Waals surface area contributed by atoms with Crippen LogP contribution in [0, 0.1) is 0 Å². The van der Waals surface area contributed by atoms with Crippen LogP contribution in [0.3, 0.4) is 0 Å². The maximum atomic E-state index is 8.56. The lowest BCUT2D eigenvalue weighted by atomic mass is 10.1. The third kappa shape index (κ3) is 33.6. The standard InChI is InChI=1S/C26H54O9/c1-2-3-4-5-6-7-8-9-11-28-13-15-30-17-19-32-21-23-34-25-26-35-24-22-33-20-18-31-16-14-29-12-10-27/h27H,2-26H2,1H3. The van der Waals surface area contributed by atoms with E-state index in [0.29, 0.717) is 99.1 Å². The molecule has 0 spiro atoms. The molecular formula is C26H54O9. The number of unbranched alkanes of at least 4 members (excludes halogenated alkanes) is 7. The Balaban J connectivity index is 3.00. The second kappa shape index (κ2) is 33.6. The van der Waals surface area contributed by atoms with E-state index in [1.807, 2.05) is 0 Å². The molecule has 0 aliphatic heterocycles. The molecule has 35 heavy (non-hydrogen) atoms. The van der Waals surface area contributed by atoms with E-state index in [1.54, 1.807) is 0 Å². The van der Waals surface area contributed by atoms with Gasteiger partial charge in [-0.3, -0.25) is 0 Å². The van der Waals surface area contributed by atoms with Gasteiger partial charge in [0.2, 0.25) is 0 Å². The highest BCUT2D eigenvalue weighted by atomic mass is 16.6. The van der Waals surface area contributed by atoms with Crippen LogP contribution in [0.15, 0.2) is 0 Å². The lowest BCUT2D eigenvalue weighted by molar-refractivity contribution is -0.0238. The fourth-order valence-electron chi connectivity index (χ4n) is 3.04. The Bertz CT molecular complexity index is 330. The van der Waals surface area contributed by atoms with Crippen LogP contribution in [0.1, 0.15) is 58.3 Å². The van der Waals surface area contributed by atoms with Gasteiger partial charge in [0, 0.05) is 6.61 Å². The van der Waals surface area contributed by atoms with Gasteiger partial charge in [0.25, 0.3) is 0 Å². The van der Waals surface area contributed by atoms with E-state index in [2.05, 4.69) is 6.92 Å². The Kier molecular flexibility index (Phi) is 33.3. The largest absolute Gasteiger partial charge is 0.394 e. The van der Waals surface area contributed by atoms with Crippen molar-refractivity contribution in [2.75, 3.05) is 112 Å². The zero-order chi connectivity index (χ0) is 25.3. The normalized spacial score (nSPS) is 11.5. The summed E-state index contributed by atoms with van der Waals surface area (Å²) < 4.78 is 43.3. The molecular weight excluding hydrogens is 456 g/mol. The van der Waals surface area contributed by atoms with Gasteiger partial charge in [-0.1, -0.05) is 51.9 Å². The SMILES string of the molecule is CCCCCCCCCCOCCOCCOCCOCCOCCOCCOCCOCCO. The van der Waals surface area contributed by atoms with Crippen LogP contribution in [0.4, 0.5) is 0 Å². The maximum absolute atomic E-state index is 8.56. The van der Waals surface area contributed by atoms with Gasteiger partial charge in [-0.2, -0.15) is 0 Å². The number of rotatable bonds is 32. The van der Waals surface area contributed by atoms with Gasteiger partial charge in [0.05, 0.1) is 106 Å². The third-order valence-electron chi connectivity index (χ3n) is 4.98. The molecule has 0 aromatic carbocycles. The molecule has 0 aromatic heterocycles. The van der Waals surface area contributed by atoms with Gasteiger partial charge >= 0.3 is 0 Å². The average molecular weight is 511 g/mol. The van der Waals surface area contributed by atoms with E-state index in [0.717, 1.165) is 13.0 Å². The Morgan fingerprint density at radius 2 is 0.571 bits per heavy atom. The molecule has 0 unspecified atom stereocenters. The Morgan fingerprint density at radius 1 is 0.314 bits per heavy atom. The predicted octanol–water partition coefficient (Wildman–Crippen LogP) is 3.25. The molecule has 0 radical (unpaired) electrons. The van der Waals surface area contributed by atoms with E-state index in [9.17, 15) is 0 Å². The third-order valence-corrected chi connectivity index (χ3v) is 4.98. The van der Waals surface area contributed by atoms with Crippen LogP contribution in [0.25, 0.3) is 0 Å². The van der Waals surface area contributed by atoms with Gasteiger partial charge < -0.3 is 43.0 Å². The summed E-state index contributed by atoms with van der Waals surface area (Å²) in [5.41, 5.74) is 0. The van der Waals surface area contributed by atoms with Crippen molar-refractivity contribution >= 4 is 0 Å². The summed E-state index contributed by atoms with van der Waals surface area (Å²) in [6.07, 6.45) is 10.6. The first kappa shape index (κ1) is 34.6. The van der Waals surface area contributed by atoms with Crippen LogP contribution < -0.4 is 0 Å². The first-order valence-corrected chi connectivity index (χ1v) is 13.6. The second-order valence-electron chi connectivity index (χ2n) is 8.10. The van der Waals surface area contributed by atoms with Crippen molar-refractivity contribution in [2.24, 2.45) is 0 Å². The predicted molar refractivity (Wildman–Crippen MR) is 136 cm³/mol. The summed E-state index contributed by atoms with van der Waals surface area (Å²) in [6.45, 7) is 11.1. The van der Waals surface area contributed by atoms with Crippen LogP contribution in [0.2, 0.25) is 0 Å². The summed E-state index contributed by atoms with van der Waals surface area (Å²) >= 11 is 0. The Morgan fingerprint density at radius 3 is 0.886 bits per heavy atom. The van der Waals surface area contributed by atoms with Crippen molar-refractivity contribution in [2.45, 2.75) is 58.3 Å². The molecule has 0 aliphatic carbocycles. The van der Waals surface area contributed by atoms with Crippen molar-refractivity contribution in [3.63, 3.8) is 0 Å². The van der Waals surface area contributed by atoms with Crippen molar-refractivity contribution in [3.8, 4) is 0 Å². The van der Waals surface area contributed by atoms with Gasteiger partial charge in [0.15, 0.2) is 0 Å². The number of ether oxygens (including phenoxy) is 8. The van der Waals surface area contributed by atoms with Gasteiger partial charge in [-0.05, 0) is 6.42 Å². The molecule has 212 valence electrons. The van der Waals surface area contributed by atoms with Crippen molar-refractivity contribution in [3.05, 3.63) is 0 Å². The number of hydrogen-bond acceptors (Lipinski definition) is 9. The quantitative estimate of drug-likeness (QED) is 0.137. The second-order valence-corrected chi connectivity index (χ2v) is 8.10. The van der Waals surface area contributed by atoms with Gasteiger partial charge in [0.1, 0.15) is 0 Å². The average Bonchev–Trinajstić information content (AvgIpc) is 2.87. The van der Waals surface area contributed by atoms with Crippen molar-refractivity contribution < 1.29 is 43.0 Å². The van der Waals surface area contributed by atoms with Crippen LogP contribution >= 0.6 is 0 Å². The highest BCUT2D eigenvalue weighted by molar-refractivity contribution is 4.46. The molecule has 0 bridgehead atoms. The summed E-state index contributed by atoms with van der Waals surface area (Å²) in [5, 5.41) is 8.56. The van der Waals surface area contributed by atoms with E-state index in [-0.39, 0.29) is 6.61 Å². The van der Waals surface area contributed by atoms with Crippen molar-refractivity contribution in [1.82, 2.24) is 0 Å². The minimum atomic E-state index is 0.0351. The fourth-order valence-corrected chi connectivity index (χ4v) is 3.04. The van der Waals surface area contributed by atoms with Crippen molar-refractivity contribution in [1.29, 1.82) is 0 Å². The molecule has 0 aliphatic rings. The smallest absolute Gasteiger partial charge is 0.0701 e. The van der Waals surface area contributed by atoms with E-state index >= 15 is 0 Å². The summed E-state index contributed by atoms with van der Waals surface area (Å²) in [5.74, 6) is 0. The van der Waals surface area contributed by atoms with E-state index in [4.69, 9.17) is 43.0 Å². The first-order chi connectivity index (χ1) is 17.4. The molecule has 0 saturated carbocycles. The molecule has 0 aromatic rings. The molecule has 0 amide bonds. The molecule has 0 fully saturated rings. The van der Waals surface area contributed by atoms with E-state index < -0.39 is 0 Å². The van der Waals surface area contributed by atoms with E-state index in [1.165, 1.54) is 44.9 Å². The Labute approximate surface area is 214 Å². The van der Waals surface area contributed by atoms with Gasteiger partial charge in [-0.15, -0.1) is 0 Å². The lowest BCUT2D eigenvalue weighted by Crippen LogP contribution is -2.15. The summed E-state index contributed by atoms with van der Waals surface area (Å²) in [7, 11) is 0.